The largest absolute Gasteiger partial charge is 0.399 e. The van der Waals surface area contributed by atoms with Gasteiger partial charge in [0.1, 0.15) is 5.65 Å². The van der Waals surface area contributed by atoms with E-state index in [1.165, 1.54) is 11.4 Å². The second-order valence-corrected chi connectivity index (χ2v) is 3.80. The second-order valence-electron chi connectivity index (χ2n) is 3.80. The first-order chi connectivity index (χ1) is 7.26. The first kappa shape index (κ1) is 10.0. The van der Waals surface area contributed by atoms with Gasteiger partial charge in [-0.3, -0.25) is 0 Å². The number of nitrogens with zero attached hydrogens (tertiary/aromatic N) is 2. The maximum absolute atomic E-state index is 5.75. The average Bonchev–Trinajstić information content (AvgIpc) is 2.54. The molecule has 80 valence electrons. The Bertz CT molecular complexity index is 471. The predicted octanol–water partition coefficient (Wildman–Crippen LogP) is 2.43. The number of hydrogen-bond donors (Lipinski definition) is 1. The summed E-state index contributed by atoms with van der Waals surface area (Å²) in [4.78, 5) is 4.62. The molecule has 0 radical (unpaired) electrons. The minimum atomic E-state index is 0.776. The van der Waals surface area contributed by atoms with Gasteiger partial charge in [0.05, 0.1) is 5.69 Å². The SMILES string of the molecule is CCCc1nc2cc(N)ccn2c1CC. The third-order valence-electron chi connectivity index (χ3n) is 2.65. The molecule has 2 N–H and O–H groups in total. The summed E-state index contributed by atoms with van der Waals surface area (Å²) < 4.78 is 2.14. The molecular formula is C12H17N3. The van der Waals surface area contributed by atoms with Gasteiger partial charge in [-0.1, -0.05) is 20.3 Å². The van der Waals surface area contributed by atoms with Gasteiger partial charge in [0, 0.05) is 23.6 Å². The summed E-state index contributed by atoms with van der Waals surface area (Å²) in [5.41, 5.74) is 10.0. The second kappa shape index (κ2) is 3.93. The highest BCUT2D eigenvalue weighted by molar-refractivity contribution is 5.53. The number of rotatable bonds is 3. The fourth-order valence-corrected chi connectivity index (χ4v) is 1.97. The molecular weight excluding hydrogens is 186 g/mol. The summed E-state index contributed by atoms with van der Waals surface area (Å²) in [5, 5.41) is 0. The molecule has 0 fully saturated rings. The zero-order chi connectivity index (χ0) is 10.8. The Morgan fingerprint density at radius 2 is 2.20 bits per heavy atom. The zero-order valence-electron chi connectivity index (χ0n) is 9.33. The molecule has 2 aromatic rings. The van der Waals surface area contributed by atoms with E-state index in [0.717, 1.165) is 30.6 Å². The van der Waals surface area contributed by atoms with Crippen molar-refractivity contribution in [3.05, 3.63) is 29.7 Å². The van der Waals surface area contributed by atoms with Crippen LogP contribution in [-0.4, -0.2) is 9.38 Å². The van der Waals surface area contributed by atoms with Crippen molar-refractivity contribution in [1.29, 1.82) is 0 Å². The topological polar surface area (TPSA) is 43.3 Å². The third kappa shape index (κ3) is 1.69. The molecule has 2 heterocycles. The molecule has 0 aliphatic rings. The van der Waals surface area contributed by atoms with Crippen LogP contribution in [0.15, 0.2) is 18.3 Å². The van der Waals surface area contributed by atoms with E-state index >= 15 is 0 Å². The summed E-state index contributed by atoms with van der Waals surface area (Å²) in [6.07, 6.45) is 5.20. The number of aryl methyl sites for hydroxylation is 2. The lowest BCUT2D eigenvalue weighted by Crippen LogP contribution is -1.95. The highest BCUT2D eigenvalue weighted by atomic mass is 15.0. The Hall–Kier alpha value is -1.51. The van der Waals surface area contributed by atoms with Crippen molar-refractivity contribution >= 4 is 11.3 Å². The van der Waals surface area contributed by atoms with Crippen molar-refractivity contribution in [3.63, 3.8) is 0 Å². The minimum Gasteiger partial charge on any atom is -0.399 e. The molecule has 0 spiro atoms. The normalized spacial score (nSPS) is 11.1. The molecule has 2 aromatic heterocycles. The Morgan fingerprint density at radius 3 is 2.87 bits per heavy atom. The van der Waals surface area contributed by atoms with Crippen molar-refractivity contribution in [2.45, 2.75) is 33.1 Å². The molecule has 3 nitrogen and oxygen atoms in total. The van der Waals surface area contributed by atoms with Crippen molar-refractivity contribution in [2.24, 2.45) is 0 Å². The fraction of sp³-hybridized carbons (Fsp3) is 0.417. The molecule has 2 rings (SSSR count). The first-order valence-electron chi connectivity index (χ1n) is 5.51. The average molecular weight is 203 g/mol. The van der Waals surface area contributed by atoms with Gasteiger partial charge in [-0.05, 0) is 18.9 Å². The predicted molar refractivity (Wildman–Crippen MR) is 63.0 cm³/mol. The summed E-state index contributed by atoms with van der Waals surface area (Å²) >= 11 is 0. The lowest BCUT2D eigenvalue weighted by Gasteiger charge is -2.00. The van der Waals surface area contributed by atoms with Gasteiger partial charge in [-0.15, -0.1) is 0 Å². The van der Waals surface area contributed by atoms with E-state index in [2.05, 4.69) is 23.2 Å². The maximum Gasteiger partial charge on any atom is 0.139 e. The molecule has 0 aromatic carbocycles. The van der Waals surface area contributed by atoms with Crippen LogP contribution in [0.3, 0.4) is 0 Å². The van der Waals surface area contributed by atoms with Crippen LogP contribution in [0.5, 0.6) is 0 Å². The molecule has 0 saturated heterocycles. The van der Waals surface area contributed by atoms with Gasteiger partial charge in [-0.25, -0.2) is 4.98 Å². The standard InChI is InChI=1S/C12H17N3/c1-3-5-10-11(4-2)15-7-6-9(13)8-12(15)14-10/h6-8H,3-5,13H2,1-2H3. The van der Waals surface area contributed by atoms with Gasteiger partial charge in [0.15, 0.2) is 0 Å². The van der Waals surface area contributed by atoms with E-state index < -0.39 is 0 Å². The Morgan fingerprint density at radius 1 is 1.40 bits per heavy atom. The van der Waals surface area contributed by atoms with Crippen LogP contribution < -0.4 is 5.73 Å². The summed E-state index contributed by atoms with van der Waals surface area (Å²) in [6.45, 7) is 4.34. The van der Waals surface area contributed by atoms with Gasteiger partial charge >= 0.3 is 0 Å². The van der Waals surface area contributed by atoms with Crippen molar-refractivity contribution in [1.82, 2.24) is 9.38 Å². The van der Waals surface area contributed by atoms with Crippen LogP contribution in [-0.2, 0) is 12.8 Å². The van der Waals surface area contributed by atoms with E-state index in [9.17, 15) is 0 Å². The molecule has 0 bridgehead atoms. The van der Waals surface area contributed by atoms with E-state index in [1.807, 2.05) is 18.3 Å². The smallest absolute Gasteiger partial charge is 0.139 e. The monoisotopic (exact) mass is 203 g/mol. The summed E-state index contributed by atoms with van der Waals surface area (Å²) in [5.74, 6) is 0. The molecule has 0 saturated carbocycles. The fourth-order valence-electron chi connectivity index (χ4n) is 1.97. The number of nitrogen functional groups attached to an aromatic ring is 1. The van der Waals surface area contributed by atoms with E-state index in [1.54, 1.807) is 0 Å². The Kier molecular flexibility index (Phi) is 2.62. The maximum atomic E-state index is 5.75. The molecule has 15 heavy (non-hydrogen) atoms. The number of hydrogen-bond acceptors (Lipinski definition) is 2. The van der Waals surface area contributed by atoms with Crippen molar-refractivity contribution < 1.29 is 0 Å². The quantitative estimate of drug-likeness (QED) is 0.832. The van der Waals surface area contributed by atoms with E-state index in [-0.39, 0.29) is 0 Å². The number of aromatic nitrogens is 2. The number of nitrogens with two attached hydrogens (primary N) is 1. The third-order valence-corrected chi connectivity index (χ3v) is 2.65. The first-order valence-corrected chi connectivity index (χ1v) is 5.51. The van der Waals surface area contributed by atoms with Crippen LogP contribution in [0.4, 0.5) is 5.69 Å². The Balaban J connectivity index is 2.62. The number of fused-ring (bicyclic) bond motifs is 1. The number of imidazole rings is 1. The minimum absolute atomic E-state index is 0.776. The van der Waals surface area contributed by atoms with Crippen molar-refractivity contribution in [2.75, 3.05) is 5.73 Å². The van der Waals surface area contributed by atoms with Crippen LogP contribution >= 0.6 is 0 Å². The van der Waals surface area contributed by atoms with E-state index in [0.29, 0.717) is 0 Å². The zero-order valence-corrected chi connectivity index (χ0v) is 9.33. The molecule has 3 heteroatoms. The van der Waals surface area contributed by atoms with Gasteiger partial charge in [-0.2, -0.15) is 0 Å². The molecule has 0 aliphatic heterocycles. The van der Waals surface area contributed by atoms with Gasteiger partial charge in [0.2, 0.25) is 0 Å². The molecule has 0 atom stereocenters. The lowest BCUT2D eigenvalue weighted by molar-refractivity contribution is 0.860. The highest BCUT2D eigenvalue weighted by Crippen LogP contribution is 2.17. The van der Waals surface area contributed by atoms with Crippen LogP contribution in [0.1, 0.15) is 31.7 Å². The Labute approximate surface area is 89.9 Å². The molecule has 0 unspecified atom stereocenters. The van der Waals surface area contributed by atoms with Crippen LogP contribution in [0.2, 0.25) is 0 Å². The van der Waals surface area contributed by atoms with Gasteiger partial charge < -0.3 is 10.1 Å². The van der Waals surface area contributed by atoms with Crippen molar-refractivity contribution in [3.8, 4) is 0 Å². The number of pyridine rings is 1. The highest BCUT2D eigenvalue weighted by Gasteiger charge is 2.09. The summed E-state index contributed by atoms with van der Waals surface area (Å²) in [7, 11) is 0. The van der Waals surface area contributed by atoms with E-state index in [4.69, 9.17) is 5.73 Å². The number of anilines is 1. The van der Waals surface area contributed by atoms with Crippen LogP contribution in [0, 0.1) is 0 Å². The summed E-state index contributed by atoms with van der Waals surface area (Å²) in [6, 6.07) is 3.85. The molecule has 0 aliphatic carbocycles. The lowest BCUT2D eigenvalue weighted by atomic mass is 10.2. The molecule has 0 amide bonds. The van der Waals surface area contributed by atoms with Gasteiger partial charge in [0.25, 0.3) is 0 Å². The van der Waals surface area contributed by atoms with Crippen LogP contribution in [0.25, 0.3) is 5.65 Å².